The predicted octanol–water partition coefficient (Wildman–Crippen LogP) is 4.92. The fourth-order valence-electron chi connectivity index (χ4n) is 5.64. The largest absolute Gasteiger partial charge is 0.481 e. The van der Waals surface area contributed by atoms with Crippen LogP contribution in [0.15, 0.2) is 36.5 Å². The Morgan fingerprint density at radius 2 is 1.89 bits per heavy atom. The van der Waals surface area contributed by atoms with Crippen LogP contribution in [0.2, 0.25) is 0 Å². The van der Waals surface area contributed by atoms with Gasteiger partial charge in [-0.3, -0.25) is 9.59 Å². The first-order valence-electron chi connectivity index (χ1n) is 12.1. The van der Waals surface area contributed by atoms with Crippen LogP contribution in [0.5, 0.6) is 0 Å². The third-order valence-corrected chi connectivity index (χ3v) is 7.82. The van der Waals surface area contributed by atoms with Gasteiger partial charge in [-0.1, -0.05) is 0 Å². The van der Waals surface area contributed by atoms with E-state index in [-0.39, 0.29) is 18.4 Å². The molecule has 3 heterocycles. The van der Waals surface area contributed by atoms with Crippen LogP contribution >= 0.6 is 0 Å². The van der Waals surface area contributed by atoms with E-state index >= 15 is 0 Å². The normalized spacial score (nSPS) is 22.3. The zero-order valence-electron chi connectivity index (χ0n) is 19.8. The van der Waals surface area contributed by atoms with Crippen LogP contribution in [0.3, 0.4) is 0 Å². The molecular formula is C27H29F2N3O3. The van der Waals surface area contributed by atoms with Gasteiger partial charge >= 0.3 is 5.97 Å². The van der Waals surface area contributed by atoms with E-state index < -0.39 is 23.0 Å². The lowest BCUT2D eigenvalue weighted by Crippen LogP contribution is -2.39. The molecule has 8 heteroatoms. The molecule has 0 radical (unpaired) electrons. The van der Waals surface area contributed by atoms with Gasteiger partial charge in [0.2, 0.25) is 5.91 Å². The van der Waals surface area contributed by atoms with Crippen molar-refractivity contribution in [1.29, 1.82) is 0 Å². The van der Waals surface area contributed by atoms with Gasteiger partial charge in [0.15, 0.2) is 0 Å². The molecule has 1 fully saturated rings. The van der Waals surface area contributed by atoms with Crippen LogP contribution in [-0.2, 0) is 29.1 Å². The number of aliphatic carboxylic acids is 1. The molecule has 1 aliphatic carbocycles. The molecule has 6 nitrogen and oxygen atoms in total. The standard InChI is InChI=1S/C27H29F2N3O3/c1-27(26(34)35)7-4-17(5-8-27)13-24(33)31-10-6-21-22-3-2-9-30-25(22)32(23(21)16-31)15-18-11-19(28)14-20(29)12-18/h2-3,9,11-12,14,17H,4-8,10,13,15-16H2,1H3,(H,34,35)/t17-,27-. The summed E-state index contributed by atoms with van der Waals surface area (Å²) in [7, 11) is 0. The molecule has 1 aliphatic heterocycles. The Bertz CT molecular complexity index is 1270. The van der Waals surface area contributed by atoms with Crippen LogP contribution in [-0.4, -0.2) is 38.0 Å². The number of rotatable bonds is 5. The van der Waals surface area contributed by atoms with E-state index in [0.29, 0.717) is 44.3 Å². The van der Waals surface area contributed by atoms with E-state index in [2.05, 4.69) is 4.98 Å². The zero-order valence-corrected chi connectivity index (χ0v) is 19.8. The van der Waals surface area contributed by atoms with Crippen LogP contribution in [0.1, 0.15) is 55.8 Å². The summed E-state index contributed by atoms with van der Waals surface area (Å²) in [5.41, 5.74) is 2.63. The molecule has 1 aromatic carbocycles. The van der Waals surface area contributed by atoms with Crippen LogP contribution in [0.25, 0.3) is 11.0 Å². The van der Waals surface area contributed by atoms with Crippen LogP contribution < -0.4 is 0 Å². The second-order valence-electron chi connectivity index (χ2n) is 10.2. The summed E-state index contributed by atoms with van der Waals surface area (Å²) < 4.78 is 29.7. The minimum absolute atomic E-state index is 0.0705. The Balaban J connectivity index is 1.36. The topological polar surface area (TPSA) is 75.4 Å². The van der Waals surface area contributed by atoms with Gasteiger partial charge in [-0.2, -0.15) is 0 Å². The van der Waals surface area contributed by atoms with E-state index in [1.165, 1.54) is 12.1 Å². The number of fused-ring (bicyclic) bond motifs is 3. The third-order valence-electron chi connectivity index (χ3n) is 7.82. The average Bonchev–Trinajstić information content (AvgIpc) is 3.13. The Morgan fingerprint density at radius 3 is 2.57 bits per heavy atom. The molecule has 0 spiro atoms. The van der Waals surface area contributed by atoms with Gasteiger partial charge in [-0.15, -0.1) is 0 Å². The molecule has 2 aliphatic rings. The van der Waals surface area contributed by atoms with Crippen molar-refractivity contribution in [3.05, 3.63) is 65.0 Å². The van der Waals surface area contributed by atoms with Gasteiger partial charge in [0.05, 0.1) is 12.0 Å². The quantitative estimate of drug-likeness (QED) is 0.561. The molecule has 5 rings (SSSR count). The molecule has 1 amide bonds. The molecule has 0 saturated heterocycles. The van der Waals surface area contributed by atoms with Crippen molar-refractivity contribution >= 4 is 22.9 Å². The first kappa shape index (κ1) is 23.5. The second-order valence-corrected chi connectivity index (χ2v) is 10.2. The lowest BCUT2D eigenvalue weighted by Gasteiger charge is -2.35. The molecule has 0 unspecified atom stereocenters. The second kappa shape index (κ2) is 9.06. The van der Waals surface area contributed by atoms with Gasteiger partial charge in [-0.25, -0.2) is 13.8 Å². The molecule has 2 aromatic heterocycles. The van der Waals surface area contributed by atoms with Gasteiger partial charge in [0, 0.05) is 42.9 Å². The third kappa shape index (κ3) is 4.54. The molecule has 3 aromatic rings. The van der Waals surface area contributed by atoms with Crippen molar-refractivity contribution < 1.29 is 23.5 Å². The van der Waals surface area contributed by atoms with E-state index in [4.69, 9.17) is 0 Å². The SMILES string of the molecule is C[C@]1(C(=O)O)CC[C@H](CC(=O)N2CCc3c(n(Cc4cc(F)cc(F)c4)c4ncccc34)C2)CC1. The Hall–Kier alpha value is -3.29. The van der Waals surface area contributed by atoms with Gasteiger partial charge in [0.25, 0.3) is 0 Å². The summed E-state index contributed by atoms with van der Waals surface area (Å²) in [6.45, 7) is 3.07. The number of carboxylic acid groups (broad SMARTS) is 1. The summed E-state index contributed by atoms with van der Waals surface area (Å²) in [4.78, 5) is 31.1. The highest BCUT2D eigenvalue weighted by Gasteiger charge is 2.38. The van der Waals surface area contributed by atoms with Crippen molar-refractivity contribution in [3.8, 4) is 0 Å². The Morgan fingerprint density at radius 1 is 1.17 bits per heavy atom. The lowest BCUT2D eigenvalue weighted by molar-refractivity contribution is -0.150. The molecule has 35 heavy (non-hydrogen) atoms. The molecule has 0 atom stereocenters. The summed E-state index contributed by atoms with van der Waals surface area (Å²) >= 11 is 0. The van der Waals surface area contributed by atoms with Gasteiger partial charge < -0.3 is 14.6 Å². The Kier molecular flexibility index (Phi) is 6.07. The molecule has 0 bridgehead atoms. The number of carbonyl (C=O) groups excluding carboxylic acids is 1. The van der Waals surface area contributed by atoms with Crippen LogP contribution in [0.4, 0.5) is 8.78 Å². The molecule has 184 valence electrons. The maximum atomic E-state index is 13.8. The van der Waals surface area contributed by atoms with Gasteiger partial charge in [-0.05, 0) is 80.3 Å². The first-order chi connectivity index (χ1) is 16.7. The number of hydrogen-bond donors (Lipinski definition) is 1. The number of carboxylic acids is 1. The first-order valence-corrected chi connectivity index (χ1v) is 12.1. The van der Waals surface area contributed by atoms with Gasteiger partial charge in [0.1, 0.15) is 17.3 Å². The minimum Gasteiger partial charge on any atom is -0.481 e. The van der Waals surface area contributed by atoms with E-state index in [1.54, 1.807) is 13.1 Å². The highest BCUT2D eigenvalue weighted by molar-refractivity contribution is 5.84. The number of nitrogens with zero attached hydrogens (tertiary/aromatic N) is 3. The number of hydrogen-bond acceptors (Lipinski definition) is 3. The molecule has 1 N–H and O–H groups in total. The van der Waals surface area contributed by atoms with Crippen molar-refractivity contribution in [2.45, 2.75) is 58.5 Å². The number of amides is 1. The summed E-state index contributed by atoms with van der Waals surface area (Å²) in [5, 5.41) is 10.5. The Labute approximate surface area is 202 Å². The smallest absolute Gasteiger partial charge is 0.309 e. The average molecular weight is 482 g/mol. The van der Waals surface area contributed by atoms with Crippen LogP contribution in [0, 0.1) is 23.0 Å². The molecular weight excluding hydrogens is 452 g/mol. The van der Waals surface area contributed by atoms with Crippen molar-refractivity contribution in [2.24, 2.45) is 11.3 Å². The maximum Gasteiger partial charge on any atom is 0.309 e. The van der Waals surface area contributed by atoms with Crippen molar-refractivity contribution in [1.82, 2.24) is 14.5 Å². The molecule has 1 saturated carbocycles. The van der Waals surface area contributed by atoms with E-state index in [0.717, 1.165) is 41.2 Å². The fourth-order valence-corrected chi connectivity index (χ4v) is 5.64. The van der Waals surface area contributed by atoms with Crippen molar-refractivity contribution in [2.75, 3.05) is 6.54 Å². The predicted molar refractivity (Wildman–Crippen MR) is 127 cm³/mol. The summed E-state index contributed by atoms with van der Waals surface area (Å²) in [6, 6.07) is 7.38. The number of carbonyl (C=O) groups is 2. The highest BCUT2D eigenvalue weighted by Crippen LogP contribution is 2.40. The highest BCUT2D eigenvalue weighted by atomic mass is 19.1. The number of halogens is 2. The summed E-state index contributed by atoms with van der Waals surface area (Å²) in [5.74, 6) is -1.74. The number of aromatic nitrogens is 2. The number of pyridine rings is 1. The van der Waals surface area contributed by atoms with E-state index in [1.807, 2.05) is 21.6 Å². The lowest BCUT2D eigenvalue weighted by atomic mass is 9.71. The fraction of sp³-hybridized carbons (Fsp3) is 0.444. The van der Waals surface area contributed by atoms with E-state index in [9.17, 15) is 23.5 Å². The minimum atomic E-state index is -0.759. The zero-order chi connectivity index (χ0) is 24.7. The maximum absolute atomic E-state index is 13.8. The number of benzene rings is 1. The summed E-state index contributed by atoms with van der Waals surface area (Å²) in [6.07, 6.45) is 5.47. The van der Waals surface area contributed by atoms with Crippen molar-refractivity contribution in [3.63, 3.8) is 0 Å². The monoisotopic (exact) mass is 481 g/mol.